The van der Waals surface area contributed by atoms with Gasteiger partial charge in [-0.05, 0) is 31.2 Å². The van der Waals surface area contributed by atoms with Crippen molar-refractivity contribution in [1.82, 2.24) is 5.32 Å². The minimum Gasteiger partial charge on any atom is -0.387 e. The third-order valence-electron chi connectivity index (χ3n) is 2.28. The number of rotatable bonds is 4. The smallest absolute Gasteiger partial charge is 0.0940 e. The average Bonchev–Trinajstić information content (AvgIpc) is 2.21. The van der Waals surface area contributed by atoms with E-state index in [9.17, 15) is 5.11 Å². The third kappa shape index (κ3) is 3.35. The lowest BCUT2D eigenvalue weighted by molar-refractivity contribution is 0.137. The van der Waals surface area contributed by atoms with E-state index < -0.39 is 6.10 Å². The molecule has 0 amide bonds. The first kappa shape index (κ1) is 12.8. The van der Waals surface area contributed by atoms with Crippen molar-refractivity contribution >= 4 is 23.2 Å². The predicted octanol–water partition coefficient (Wildman–Crippen LogP) is 3.02. The van der Waals surface area contributed by atoms with Gasteiger partial charge in [-0.25, -0.2) is 0 Å². The van der Waals surface area contributed by atoms with Gasteiger partial charge in [0.1, 0.15) is 0 Å². The highest BCUT2D eigenvalue weighted by Crippen LogP contribution is 2.26. The molecule has 0 aromatic heterocycles. The van der Waals surface area contributed by atoms with E-state index in [0.29, 0.717) is 10.0 Å². The summed E-state index contributed by atoms with van der Waals surface area (Å²) >= 11 is 11.7. The first-order valence-electron chi connectivity index (χ1n) is 4.92. The zero-order valence-corrected chi connectivity index (χ0v) is 10.3. The van der Waals surface area contributed by atoms with Gasteiger partial charge >= 0.3 is 0 Å². The molecule has 15 heavy (non-hydrogen) atoms. The minimum absolute atomic E-state index is 0.00718. The average molecular weight is 248 g/mol. The summed E-state index contributed by atoms with van der Waals surface area (Å²) in [6.45, 7) is 4.74. The molecule has 1 aromatic rings. The Morgan fingerprint density at radius 3 is 2.53 bits per heavy atom. The van der Waals surface area contributed by atoms with Gasteiger partial charge in [-0.1, -0.05) is 36.2 Å². The Hall–Kier alpha value is -0.280. The van der Waals surface area contributed by atoms with Crippen LogP contribution in [0, 0.1) is 0 Å². The monoisotopic (exact) mass is 247 g/mol. The van der Waals surface area contributed by atoms with Crippen molar-refractivity contribution in [2.75, 3.05) is 6.54 Å². The Kier molecular flexibility index (Phi) is 4.87. The second-order valence-electron chi connectivity index (χ2n) is 3.46. The first-order chi connectivity index (χ1) is 7.06. The van der Waals surface area contributed by atoms with Gasteiger partial charge < -0.3 is 10.4 Å². The Morgan fingerprint density at radius 1 is 1.33 bits per heavy atom. The van der Waals surface area contributed by atoms with E-state index in [1.54, 1.807) is 18.2 Å². The van der Waals surface area contributed by atoms with Crippen molar-refractivity contribution < 1.29 is 5.11 Å². The maximum Gasteiger partial charge on any atom is 0.0940 e. The van der Waals surface area contributed by atoms with E-state index >= 15 is 0 Å². The number of nitrogens with one attached hydrogen (secondary N) is 1. The fraction of sp³-hybridized carbons (Fsp3) is 0.455. The van der Waals surface area contributed by atoms with Crippen molar-refractivity contribution in [2.24, 2.45) is 0 Å². The molecule has 0 saturated carbocycles. The summed E-state index contributed by atoms with van der Waals surface area (Å²) in [4.78, 5) is 0. The van der Waals surface area contributed by atoms with Gasteiger partial charge in [0.25, 0.3) is 0 Å². The largest absolute Gasteiger partial charge is 0.387 e. The lowest BCUT2D eigenvalue weighted by Gasteiger charge is -2.20. The van der Waals surface area contributed by atoms with Crippen LogP contribution in [-0.2, 0) is 0 Å². The van der Waals surface area contributed by atoms with Gasteiger partial charge in [0.15, 0.2) is 0 Å². The highest BCUT2D eigenvalue weighted by atomic mass is 35.5. The highest BCUT2D eigenvalue weighted by Gasteiger charge is 2.15. The van der Waals surface area contributed by atoms with Crippen molar-refractivity contribution in [2.45, 2.75) is 26.0 Å². The van der Waals surface area contributed by atoms with Crippen LogP contribution in [0.4, 0.5) is 0 Å². The quantitative estimate of drug-likeness (QED) is 0.858. The van der Waals surface area contributed by atoms with E-state index in [4.69, 9.17) is 23.2 Å². The number of aliphatic hydroxyl groups excluding tert-OH is 1. The third-order valence-corrected chi connectivity index (χ3v) is 3.02. The lowest BCUT2D eigenvalue weighted by atomic mass is 10.0. The Labute approximate surface area is 100 Å². The molecule has 1 aromatic carbocycles. The molecule has 0 aliphatic heterocycles. The van der Waals surface area contributed by atoms with E-state index in [1.807, 2.05) is 13.8 Å². The molecule has 2 unspecified atom stereocenters. The number of likely N-dealkylation sites (N-methyl/N-ethyl adjacent to an activating group) is 1. The number of aliphatic hydroxyl groups is 1. The zero-order valence-electron chi connectivity index (χ0n) is 8.80. The van der Waals surface area contributed by atoms with Crippen molar-refractivity contribution in [3.63, 3.8) is 0 Å². The summed E-state index contributed by atoms with van der Waals surface area (Å²) in [5, 5.41) is 14.1. The zero-order chi connectivity index (χ0) is 11.4. The highest BCUT2D eigenvalue weighted by molar-refractivity contribution is 6.42. The van der Waals surface area contributed by atoms with E-state index in [2.05, 4.69) is 5.32 Å². The number of hydrogen-bond donors (Lipinski definition) is 2. The Morgan fingerprint density at radius 2 is 2.00 bits per heavy atom. The van der Waals surface area contributed by atoms with Gasteiger partial charge in [0.05, 0.1) is 16.1 Å². The van der Waals surface area contributed by atoms with E-state index in [0.717, 1.165) is 12.1 Å². The molecule has 84 valence electrons. The summed E-state index contributed by atoms with van der Waals surface area (Å²) in [6, 6.07) is 5.17. The van der Waals surface area contributed by atoms with Crippen molar-refractivity contribution in [3.8, 4) is 0 Å². The van der Waals surface area contributed by atoms with E-state index in [1.165, 1.54) is 0 Å². The van der Waals surface area contributed by atoms with Crippen LogP contribution in [0.5, 0.6) is 0 Å². The normalized spacial score (nSPS) is 15.0. The van der Waals surface area contributed by atoms with Crippen LogP contribution >= 0.6 is 23.2 Å². The fourth-order valence-electron chi connectivity index (χ4n) is 1.42. The summed E-state index contributed by atoms with van der Waals surface area (Å²) in [6.07, 6.45) is -0.570. The minimum atomic E-state index is -0.570. The van der Waals surface area contributed by atoms with Gasteiger partial charge in [-0.15, -0.1) is 0 Å². The van der Waals surface area contributed by atoms with Crippen molar-refractivity contribution in [1.29, 1.82) is 0 Å². The van der Waals surface area contributed by atoms with Crippen LogP contribution in [0.1, 0.15) is 25.5 Å². The molecule has 0 spiro atoms. The molecule has 2 atom stereocenters. The molecule has 0 saturated heterocycles. The standard InChI is InChI=1S/C11H15Cl2NO/c1-3-14-7(2)11(15)8-4-5-9(12)10(13)6-8/h4-7,11,14-15H,3H2,1-2H3. The maximum absolute atomic E-state index is 9.97. The molecule has 4 heteroatoms. The lowest BCUT2D eigenvalue weighted by Crippen LogP contribution is -2.31. The van der Waals surface area contributed by atoms with Crippen LogP contribution in [0.25, 0.3) is 0 Å². The van der Waals surface area contributed by atoms with Crippen LogP contribution in [0.3, 0.4) is 0 Å². The topological polar surface area (TPSA) is 32.3 Å². The van der Waals surface area contributed by atoms with Gasteiger partial charge in [0.2, 0.25) is 0 Å². The molecule has 1 rings (SSSR count). The fourth-order valence-corrected chi connectivity index (χ4v) is 1.73. The molecule has 0 bridgehead atoms. The molecule has 2 nitrogen and oxygen atoms in total. The number of benzene rings is 1. The van der Waals surface area contributed by atoms with E-state index in [-0.39, 0.29) is 6.04 Å². The molecule has 0 aliphatic carbocycles. The summed E-state index contributed by atoms with van der Waals surface area (Å²) in [5.74, 6) is 0. The second kappa shape index (κ2) is 5.71. The molecule has 0 heterocycles. The molecule has 0 aliphatic rings. The van der Waals surface area contributed by atoms with Crippen LogP contribution in [0.2, 0.25) is 10.0 Å². The summed E-state index contributed by atoms with van der Waals surface area (Å²) in [7, 11) is 0. The van der Waals surface area contributed by atoms with Gasteiger partial charge in [0, 0.05) is 6.04 Å². The molecular weight excluding hydrogens is 233 g/mol. The molecule has 0 fully saturated rings. The second-order valence-corrected chi connectivity index (χ2v) is 4.28. The summed E-state index contributed by atoms with van der Waals surface area (Å²) < 4.78 is 0. The van der Waals surface area contributed by atoms with Crippen LogP contribution in [-0.4, -0.2) is 17.7 Å². The van der Waals surface area contributed by atoms with Crippen LogP contribution in [0.15, 0.2) is 18.2 Å². The van der Waals surface area contributed by atoms with Gasteiger partial charge in [-0.3, -0.25) is 0 Å². The Bertz CT molecular complexity index is 330. The Balaban J connectivity index is 2.81. The SMILES string of the molecule is CCNC(C)C(O)c1ccc(Cl)c(Cl)c1. The van der Waals surface area contributed by atoms with Crippen molar-refractivity contribution in [3.05, 3.63) is 33.8 Å². The molecular formula is C11H15Cl2NO. The molecule has 0 radical (unpaired) electrons. The number of halogens is 2. The predicted molar refractivity (Wildman–Crippen MR) is 64.6 cm³/mol. The number of hydrogen-bond acceptors (Lipinski definition) is 2. The first-order valence-corrected chi connectivity index (χ1v) is 5.68. The summed E-state index contributed by atoms with van der Waals surface area (Å²) in [5.41, 5.74) is 0.776. The maximum atomic E-state index is 9.97. The molecule has 2 N–H and O–H groups in total. The van der Waals surface area contributed by atoms with Gasteiger partial charge in [-0.2, -0.15) is 0 Å². The van der Waals surface area contributed by atoms with Crippen LogP contribution < -0.4 is 5.32 Å².